The minimum absolute atomic E-state index is 0.261. The molecule has 2 aromatic rings. The normalized spacial score (nSPS) is 10.2. The van der Waals surface area contributed by atoms with Crippen LogP contribution in [-0.2, 0) is 0 Å². The number of hydrogen-bond donors (Lipinski definition) is 2. The third-order valence-corrected chi connectivity index (χ3v) is 3.05. The lowest BCUT2D eigenvalue weighted by Gasteiger charge is -2.07. The Morgan fingerprint density at radius 3 is 2.80 bits per heavy atom. The first kappa shape index (κ1) is 14.7. The van der Waals surface area contributed by atoms with Gasteiger partial charge in [-0.1, -0.05) is 11.6 Å². The first-order chi connectivity index (χ1) is 9.58. The number of carbonyl (C=O) groups excluding carboxylic acids is 1. The quantitative estimate of drug-likeness (QED) is 0.823. The van der Waals surface area contributed by atoms with Gasteiger partial charge in [-0.25, -0.2) is 9.97 Å². The van der Waals surface area contributed by atoms with Crippen LogP contribution in [0.3, 0.4) is 0 Å². The fourth-order valence-corrected chi connectivity index (χ4v) is 1.98. The van der Waals surface area contributed by atoms with Crippen LogP contribution in [0.5, 0.6) is 0 Å². The highest BCUT2D eigenvalue weighted by Gasteiger charge is 2.10. The summed E-state index contributed by atoms with van der Waals surface area (Å²) >= 11 is 9.18. The molecule has 0 bridgehead atoms. The summed E-state index contributed by atoms with van der Waals surface area (Å²) in [5.74, 6) is 0.744. The van der Waals surface area contributed by atoms with Gasteiger partial charge in [-0.2, -0.15) is 0 Å². The van der Waals surface area contributed by atoms with Crippen LogP contribution in [0.25, 0.3) is 0 Å². The molecule has 5 nitrogen and oxygen atoms in total. The molecular weight excluding hydrogens is 344 g/mol. The van der Waals surface area contributed by atoms with Gasteiger partial charge in [0.2, 0.25) is 0 Å². The summed E-state index contributed by atoms with van der Waals surface area (Å²) in [5.41, 5.74) is 0.422. The number of halogens is 2. The SMILES string of the molecule is CCNc1cc(C(=O)Nc2ccc(Br)cn2)cc(Cl)n1. The van der Waals surface area contributed by atoms with E-state index in [9.17, 15) is 4.79 Å². The summed E-state index contributed by atoms with van der Waals surface area (Å²) in [6.45, 7) is 2.64. The monoisotopic (exact) mass is 354 g/mol. The minimum Gasteiger partial charge on any atom is -0.370 e. The molecule has 1 amide bonds. The van der Waals surface area contributed by atoms with E-state index in [-0.39, 0.29) is 11.1 Å². The van der Waals surface area contributed by atoms with Crippen LogP contribution in [0.15, 0.2) is 34.9 Å². The maximum atomic E-state index is 12.1. The number of hydrogen-bond acceptors (Lipinski definition) is 4. The molecule has 0 aliphatic rings. The van der Waals surface area contributed by atoms with E-state index in [1.165, 1.54) is 6.07 Å². The molecular formula is C13H12BrClN4O. The summed E-state index contributed by atoms with van der Waals surface area (Å²) in [6.07, 6.45) is 1.61. The third-order valence-electron chi connectivity index (χ3n) is 2.38. The molecule has 0 fully saturated rings. The topological polar surface area (TPSA) is 66.9 Å². The largest absolute Gasteiger partial charge is 0.370 e. The van der Waals surface area contributed by atoms with Crippen LogP contribution in [0, 0.1) is 0 Å². The number of pyridine rings is 2. The number of anilines is 2. The van der Waals surface area contributed by atoms with E-state index in [1.807, 2.05) is 6.92 Å². The van der Waals surface area contributed by atoms with E-state index in [4.69, 9.17) is 11.6 Å². The lowest BCUT2D eigenvalue weighted by molar-refractivity contribution is 0.102. The molecule has 0 atom stereocenters. The zero-order chi connectivity index (χ0) is 14.5. The summed E-state index contributed by atoms with van der Waals surface area (Å²) in [4.78, 5) is 20.3. The first-order valence-electron chi connectivity index (χ1n) is 5.93. The Morgan fingerprint density at radius 2 is 2.15 bits per heavy atom. The van der Waals surface area contributed by atoms with Gasteiger partial charge in [0.25, 0.3) is 5.91 Å². The molecule has 0 saturated heterocycles. The van der Waals surface area contributed by atoms with Crippen LogP contribution in [0.4, 0.5) is 11.6 Å². The highest BCUT2D eigenvalue weighted by Crippen LogP contribution is 2.16. The zero-order valence-electron chi connectivity index (χ0n) is 10.7. The van der Waals surface area contributed by atoms with E-state index < -0.39 is 0 Å². The van der Waals surface area contributed by atoms with Gasteiger partial charge < -0.3 is 10.6 Å². The van der Waals surface area contributed by atoms with Crippen LogP contribution in [-0.4, -0.2) is 22.4 Å². The fraction of sp³-hybridized carbons (Fsp3) is 0.154. The van der Waals surface area contributed by atoms with E-state index >= 15 is 0 Å². The smallest absolute Gasteiger partial charge is 0.257 e. The van der Waals surface area contributed by atoms with Gasteiger partial charge in [0.05, 0.1) is 0 Å². The number of rotatable bonds is 4. The van der Waals surface area contributed by atoms with Gasteiger partial charge >= 0.3 is 0 Å². The third kappa shape index (κ3) is 3.91. The second-order valence-electron chi connectivity index (χ2n) is 3.91. The molecule has 0 saturated carbocycles. The van der Waals surface area contributed by atoms with Crippen molar-refractivity contribution in [2.75, 3.05) is 17.2 Å². The molecule has 0 radical (unpaired) electrons. The van der Waals surface area contributed by atoms with Crippen molar-refractivity contribution in [3.63, 3.8) is 0 Å². The number of carbonyl (C=O) groups is 1. The van der Waals surface area contributed by atoms with Crippen LogP contribution in [0.1, 0.15) is 17.3 Å². The molecule has 2 aromatic heterocycles. The van der Waals surface area contributed by atoms with E-state index in [0.717, 1.165) is 4.47 Å². The van der Waals surface area contributed by atoms with Gasteiger partial charge in [-0.05, 0) is 47.1 Å². The Kier molecular flexibility index (Phi) is 4.92. The lowest BCUT2D eigenvalue weighted by Crippen LogP contribution is -2.14. The minimum atomic E-state index is -0.289. The van der Waals surface area contributed by atoms with Crippen molar-refractivity contribution in [2.45, 2.75) is 6.92 Å². The fourth-order valence-electron chi connectivity index (χ4n) is 1.54. The van der Waals surface area contributed by atoms with Crippen molar-refractivity contribution in [3.05, 3.63) is 45.7 Å². The number of amides is 1. The lowest BCUT2D eigenvalue weighted by atomic mass is 10.2. The molecule has 0 spiro atoms. The Balaban J connectivity index is 2.18. The highest BCUT2D eigenvalue weighted by atomic mass is 79.9. The molecule has 2 N–H and O–H groups in total. The van der Waals surface area contributed by atoms with Crippen molar-refractivity contribution >= 4 is 45.1 Å². The van der Waals surface area contributed by atoms with E-state index in [0.29, 0.717) is 23.7 Å². The Labute approximate surface area is 129 Å². The number of aromatic nitrogens is 2. The molecule has 0 aromatic carbocycles. The molecule has 2 heterocycles. The zero-order valence-corrected chi connectivity index (χ0v) is 13.0. The Bertz CT molecular complexity index is 618. The van der Waals surface area contributed by atoms with Gasteiger partial charge in [0.1, 0.15) is 16.8 Å². The average Bonchev–Trinajstić information content (AvgIpc) is 2.41. The predicted octanol–water partition coefficient (Wildman–Crippen LogP) is 3.58. The predicted molar refractivity (Wildman–Crippen MR) is 83.3 cm³/mol. The number of nitrogens with zero attached hydrogens (tertiary/aromatic N) is 2. The van der Waals surface area contributed by atoms with Crippen LogP contribution in [0.2, 0.25) is 5.15 Å². The van der Waals surface area contributed by atoms with Crippen molar-refractivity contribution in [1.29, 1.82) is 0 Å². The standard InChI is InChI=1S/C13H12BrClN4O/c1-2-16-12-6-8(5-10(15)18-12)13(20)19-11-4-3-9(14)7-17-11/h3-7H,2H2,1H3,(H,16,18)(H,17,19,20). The summed E-state index contributed by atoms with van der Waals surface area (Å²) < 4.78 is 0.844. The first-order valence-corrected chi connectivity index (χ1v) is 7.10. The highest BCUT2D eigenvalue weighted by molar-refractivity contribution is 9.10. The van der Waals surface area contributed by atoms with Gasteiger partial charge in [0, 0.05) is 22.8 Å². The maximum Gasteiger partial charge on any atom is 0.257 e. The second-order valence-corrected chi connectivity index (χ2v) is 5.21. The molecule has 104 valence electrons. The van der Waals surface area contributed by atoms with E-state index in [1.54, 1.807) is 24.4 Å². The molecule has 0 unspecified atom stereocenters. The molecule has 20 heavy (non-hydrogen) atoms. The maximum absolute atomic E-state index is 12.1. The Morgan fingerprint density at radius 1 is 1.35 bits per heavy atom. The second kappa shape index (κ2) is 6.67. The summed E-state index contributed by atoms with van der Waals surface area (Å²) in [7, 11) is 0. The molecule has 7 heteroatoms. The average molecular weight is 356 g/mol. The molecule has 0 aliphatic carbocycles. The van der Waals surface area contributed by atoms with Gasteiger partial charge in [-0.3, -0.25) is 4.79 Å². The van der Waals surface area contributed by atoms with Crippen molar-refractivity contribution in [2.24, 2.45) is 0 Å². The summed E-state index contributed by atoms with van der Waals surface area (Å²) in [5, 5.41) is 5.98. The molecule has 0 aliphatic heterocycles. The van der Waals surface area contributed by atoms with Crippen molar-refractivity contribution < 1.29 is 4.79 Å². The summed E-state index contributed by atoms with van der Waals surface area (Å²) in [6, 6.07) is 6.66. The van der Waals surface area contributed by atoms with Crippen LogP contribution < -0.4 is 10.6 Å². The van der Waals surface area contributed by atoms with Gasteiger partial charge in [0.15, 0.2) is 0 Å². The van der Waals surface area contributed by atoms with E-state index in [2.05, 4.69) is 36.5 Å². The number of nitrogens with one attached hydrogen (secondary N) is 2. The molecule has 2 rings (SSSR count). The van der Waals surface area contributed by atoms with Gasteiger partial charge in [-0.15, -0.1) is 0 Å². The van der Waals surface area contributed by atoms with Crippen molar-refractivity contribution in [1.82, 2.24) is 9.97 Å². The van der Waals surface area contributed by atoms with Crippen LogP contribution >= 0.6 is 27.5 Å². The van der Waals surface area contributed by atoms with Crippen molar-refractivity contribution in [3.8, 4) is 0 Å². The Hall–Kier alpha value is -1.66.